The average Bonchev–Trinajstić information content (AvgIpc) is 3.02. The number of morpholine rings is 1. The van der Waals surface area contributed by atoms with Gasteiger partial charge < -0.3 is 29.5 Å². The molecule has 47 heavy (non-hydrogen) atoms. The molecule has 0 spiro atoms. The number of rotatable bonds is 6. The number of piperidine rings is 1. The molecule has 16 heteroatoms. The van der Waals surface area contributed by atoms with Crippen molar-refractivity contribution in [3.8, 4) is 0 Å². The minimum absolute atomic E-state index is 0.0155. The summed E-state index contributed by atoms with van der Waals surface area (Å²) in [6.45, 7) is 4.17. The maximum Gasteiger partial charge on any atom is 0.416 e. The molecule has 2 aromatic carbocycles. The van der Waals surface area contributed by atoms with Gasteiger partial charge in [0.05, 0.1) is 36.4 Å². The number of carbonyl (C=O) groups is 3. The molecule has 2 aromatic rings. The standard InChI is InChI=1S/C31H35F7N4O5/c1-18-12-23(32)4-5-25(18)26-16-24(47-28(44)39-17-27(43)41-8-10-46-11-9-41)6-7-42(26)29(45)40(3)19(2)20-13-21(30(33,34)35)15-22(14-20)31(36,37)38/h4-5,12-15,19,24,26H,6-11,16-17H2,1-3H3,(H,39,44)/t19-,24-,26+/m0/s1. The number of ether oxygens (including phenoxy) is 2. The second-order valence-electron chi connectivity index (χ2n) is 11.5. The Hall–Kier alpha value is -4.08. The molecule has 1 N–H and O–H groups in total. The minimum Gasteiger partial charge on any atom is -0.446 e. The highest BCUT2D eigenvalue weighted by atomic mass is 19.4. The number of alkyl halides is 6. The Bertz CT molecular complexity index is 1430. The number of carbonyl (C=O) groups excluding carboxylic acids is 3. The molecule has 2 heterocycles. The van der Waals surface area contributed by atoms with Crippen molar-refractivity contribution in [2.24, 2.45) is 0 Å². The van der Waals surface area contributed by atoms with E-state index in [1.165, 1.54) is 37.1 Å². The molecule has 9 nitrogen and oxygen atoms in total. The van der Waals surface area contributed by atoms with Crippen LogP contribution >= 0.6 is 0 Å². The Labute approximate surface area is 266 Å². The summed E-state index contributed by atoms with van der Waals surface area (Å²) in [5.41, 5.74) is -2.40. The van der Waals surface area contributed by atoms with Gasteiger partial charge in [-0.3, -0.25) is 4.79 Å². The first-order chi connectivity index (χ1) is 22.0. The maximum absolute atomic E-state index is 14.0. The molecule has 2 fully saturated rings. The number of halogens is 7. The molecule has 0 bridgehead atoms. The third kappa shape index (κ3) is 8.84. The summed E-state index contributed by atoms with van der Waals surface area (Å²) < 4.78 is 106. The van der Waals surface area contributed by atoms with E-state index in [4.69, 9.17) is 9.47 Å². The predicted molar refractivity (Wildman–Crippen MR) is 154 cm³/mol. The van der Waals surface area contributed by atoms with Crippen molar-refractivity contribution in [2.45, 2.75) is 57.2 Å². The van der Waals surface area contributed by atoms with Gasteiger partial charge in [0.1, 0.15) is 18.5 Å². The number of likely N-dealkylation sites (tertiary alicyclic amines) is 1. The molecule has 2 saturated heterocycles. The van der Waals surface area contributed by atoms with Crippen LogP contribution in [0.1, 0.15) is 59.7 Å². The summed E-state index contributed by atoms with van der Waals surface area (Å²) in [4.78, 5) is 42.8. The van der Waals surface area contributed by atoms with Crippen molar-refractivity contribution in [3.05, 3.63) is 70.0 Å². The lowest BCUT2D eigenvalue weighted by Crippen LogP contribution is -2.50. The summed E-state index contributed by atoms with van der Waals surface area (Å²) in [7, 11) is 1.26. The Morgan fingerprint density at radius 1 is 1.00 bits per heavy atom. The number of benzene rings is 2. The van der Waals surface area contributed by atoms with Gasteiger partial charge in [0.15, 0.2) is 0 Å². The fraction of sp³-hybridized carbons (Fsp3) is 0.516. The number of aryl methyl sites for hydroxylation is 1. The van der Waals surface area contributed by atoms with Crippen molar-refractivity contribution in [2.75, 3.05) is 46.4 Å². The van der Waals surface area contributed by atoms with Crippen molar-refractivity contribution < 1.29 is 54.6 Å². The molecule has 2 aliphatic heterocycles. The Kier molecular flexibility index (Phi) is 10.9. The zero-order valence-corrected chi connectivity index (χ0v) is 25.9. The quantitative estimate of drug-likeness (QED) is 0.375. The van der Waals surface area contributed by atoms with Crippen LogP contribution in [0.2, 0.25) is 0 Å². The fourth-order valence-corrected chi connectivity index (χ4v) is 5.65. The van der Waals surface area contributed by atoms with E-state index < -0.39 is 59.6 Å². The van der Waals surface area contributed by atoms with Crippen LogP contribution in [0.15, 0.2) is 36.4 Å². The van der Waals surface area contributed by atoms with Gasteiger partial charge in [0.2, 0.25) is 5.91 Å². The van der Waals surface area contributed by atoms with Crippen LogP contribution < -0.4 is 5.32 Å². The normalized spacial score (nSPS) is 19.6. The largest absolute Gasteiger partial charge is 0.446 e. The van der Waals surface area contributed by atoms with E-state index in [-0.39, 0.29) is 43.5 Å². The minimum atomic E-state index is -5.06. The predicted octanol–water partition coefficient (Wildman–Crippen LogP) is 6.08. The molecule has 4 rings (SSSR count). The molecule has 258 valence electrons. The number of hydrogen-bond acceptors (Lipinski definition) is 5. The molecular weight excluding hydrogens is 641 g/mol. The molecule has 0 radical (unpaired) electrons. The Morgan fingerprint density at radius 2 is 1.62 bits per heavy atom. The molecule has 0 unspecified atom stereocenters. The van der Waals surface area contributed by atoms with Gasteiger partial charge >= 0.3 is 24.5 Å². The summed E-state index contributed by atoms with van der Waals surface area (Å²) in [6.07, 6.45) is -11.5. The number of hydrogen-bond donors (Lipinski definition) is 1. The van der Waals surface area contributed by atoms with Crippen molar-refractivity contribution in [1.82, 2.24) is 20.0 Å². The molecule has 0 aromatic heterocycles. The number of nitrogens with one attached hydrogen (secondary N) is 1. The molecule has 0 saturated carbocycles. The monoisotopic (exact) mass is 676 g/mol. The summed E-state index contributed by atoms with van der Waals surface area (Å²) in [6, 6.07) is 2.34. The first kappa shape index (κ1) is 35.8. The number of urea groups is 1. The van der Waals surface area contributed by atoms with Crippen LogP contribution in [-0.4, -0.2) is 85.3 Å². The van der Waals surface area contributed by atoms with E-state index >= 15 is 0 Å². The van der Waals surface area contributed by atoms with Crippen LogP contribution in [-0.2, 0) is 26.6 Å². The SMILES string of the molecule is Cc1cc(F)ccc1[C@H]1C[C@@H](OC(=O)NCC(=O)N2CCOCC2)CCN1C(=O)N(C)[C@@H](C)c1cc(C(F)(F)F)cc(C(F)(F)F)c1. The van der Waals surface area contributed by atoms with E-state index in [0.717, 1.165) is 4.90 Å². The number of nitrogens with zero attached hydrogens (tertiary/aromatic N) is 3. The highest BCUT2D eigenvalue weighted by Crippen LogP contribution is 2.40. The van der Waals surface area contributed by atoms with E-state index in [1.807, 2.05) is 0 Å². The highest BCUT2D eigenvalue weighted by molar-refractivity contribution is 5.82. The van der Waals surface area contributed by atoms with Crippen LogP contribution in [0.3, 0.4) is 0 Å². The Morgan fingerprint density at radius 3 is 2.19 bits per heavy atom. The van der Waals surface area contributed by atoms with Gasteiger partial charge in [-0.25, -0.2) is 14.0 Å². The molecule has 3 atom stereocenters. The summed E-state index contributed by atoms with van der Waals surface area (Å²) >= 11 is 0. The van der Waals surface area contributed by atoms with Gasteiger partial charge in [0, 0.05) is 39.5 Å². The summed E-state index contributed by atoms with van der Waals surface area (Å²) in [5, 5.41) is 2.42. The summed E-state index contributed by atoms with van der Waals surface area (Å²) in [5.74, 6) is -0.849. The van der Waals surface area contributed by atoms with Gasteiger partial charge in [0.25, 0.3) is 0 Å². The smallest absolute Gasteiger partial charge is 0.416 e. The zero-order valence-electron chi connectivity index (χ0n) is 25.9. The van der Waals surface area contributed by atoms with Crippen LogP contribution in [0.4, 0.5) is 40.3 Å². The van der Waals surface area contributed by atoms with E-state index in [0.29, 0.717) is 49.6 Å². The van der Waals surface area contributed by atoms with Crippen LogP contribution in [0.25, 0.3) is 0 Å². The van der Waals surface area contributed by atoms with Gasteiger partial charge in [-0.1, -0.05) is 6.07 Å². The molecule has 0 aliphatic carbocycles. The Balaban J connectivity index is 1.53. The van der Waals surface area contributed by atoms with Crippen molar-refractivity contribution >= 4 is 18.0 Å². The van der Waals surface area contributed by atoms with Crippen LogP contribution in [0, 0.1) is 12.7 Å². The highest BCUT2D eigenvalue weighted by Gasteiger charge is 2.40. The third-order valence-electron chi connectivity index (χ3n) is 8.39. The zero-order chi connectivity index (χ0) is 34.7. The van der Waals surface area contributed by atoms with Crippen LogP contribution in [0.5, 0.6) is 0 Å². The van der Waals surface area contributed by atoms with Gasteiger partial charge in [-0.05, 0) is 60.9 Å². The van der Waals surface area contributed by atoms with E-state index in [2.05, 4.69) is 5.32 Å². The number of amides is 4. The second kappa shape index (κ2) is 14.4. The molecule has 2 aliphatic rings. The van der Waals surface area contributed by atoms with Crippen molar-refractivity contribution in [1.29, 1.82) is 0 Å². The van der Waals surface area contributed by atoms with E-state index in [1.54, 1.807) is 11.8 Å². The first-order valence-electron chi connectivity index (χ1n) is 14.8. The van der Waals surface area contributed by atoms with Gasteiger partial charge in [-0.2, -0.15) is 26.3 Å². The number of alkyl carbamates (subject to hydrolysis) is 1. The molecular formula is C31H35F7N4O5. The lowest BCUT2D eigenvalue weighted by molar-refractivity contribution is -0.143. The average molecular weight is 677 g/mol. The van der Waals surface area contributed by atoms with Gasteiger partial charge in [-0.15, -0.1) is 0 Å². The maximum atomic E-state index is 14.0. The van der Waals surface area contributed by atoms with E-state index in [9.17, 15) is 45.1 Å². The lowest BCUT2D eigenvalue weighted by Gasteiger charge is -2.42. The second-order valence-corrected chi connectivity index (χ2v) is 11.5. The lowest BCUT2D eigenvalue weighted by atomic mass is 9.90. The molecule has 4 amide bonds. The topological polar surface area (TPSA) is 91.4 Å². The van der Waals surface area contributed by atoms with Crippen molar-refractivity contribution in [3.63, 3.8) is 0 Å². The first-order valence-corrected chi connectivity index (χ1v) is 14.8. The third-order valence-corrected chi connectivity index (χ3v) is 8.39. The fourth-order valence-electron chi connectivity index (χ4n) is 5.65.